The van der Waals surface area contributed by atoms with E-state index in [9.17, 15) is 10.2 Å². The predicted molar refractivity (Wildman–Crippen MR) is 89.0 cm³/mol. The molecule has 0 radical (unpaired) electrons. The van der Waals surface area contributed by atoms with Gasteiger partial charge in [0, 0.05) is 11.6 Å². The van der Waals surface area contributed by atoms with Crippen LogP contribution in [0.15, 0.2) is 24.8 Å². The zero-order valence-corrected chi connectivity index (χ0v) is 13.2. The van der Waals surface area contributed by atoms with Crippen molar-refractivity contribution in [3.63, 3.8) is 0 Å². The van der Waals surface area contributed by atoms with E-state index >= 15 is 0 Å². The third kappa shape index (κ3) is 3.17. The van der Waals surface area contributed by atoms with Gasteiger partial charge in [0.2, 0.25) is 5.95 Å². The Balaban J connectivity index is 1.81. The summed E-state index contributed by atoms with van der Waals surface area (Å²) in [4.78, 5) is 4.41. The number of aliphatic hydroxyl groups is 1. The lowest BCUT2D eigenvalue weighted by Gasteiger charge is -2.41. The zero-order valence-electron chi connectivity index (χ0n) is 13.2. The molecule has 1 saturated carbocycles. The van der Waals surface area contributed by atoms with Crippen molar-refractivity contribution >= 4 is 12.0 Å². The largest absolute Gasteiger partial charge is 0.507 e. The lowest BCUT2D eigenvalue weighted by molar-refractivity contribution is -0.0236. The molecule has 1 aliphatic carbocycles. The maximum atomic E-state index is 10.1. The van der Waals surface area contributed by atoms with E-state index in [1.165, 1.54) is 0 Å². The van der Waals surface area contributed by atoms with Gasteiger partial charge in [-0.15, -0.1) is 10.2 Å². The van der Waals surface area contributed by atoms with Crippen LogP contribution in [0.5, 0.6) is 5.75 Å². The molecular formula is C17H20N4O2. The van der Waals surface area contributed by atoms with Crippen molar-refractivity contribution in [2.45, 2.75) is 38.3 Å². The molecular weight excluding hydrogens is 292 g/mol. The van der Waals surface area contributed by atoms with Crippen LogP contribution in [0.3, 0.4) is 0 Å². The van der Waals surface area contributed by atoms with E-state index in [1.807, 2.05) is 19.9 Å². The van der Waals surface area contributed by atoms with E-state index in [0.717, 1.165) is 5.56 Å². The molecule has 1 aliphatic rings. The van der Waals surface area contributed by atoms with E-state index in [2.05, 4.69) is 27.1 Å². The minimum Gasteiger partial charge on any atom is -0.507 e. The van der Waals surface area contributed by atoms with Crippen molar-refractivity contribution in [1.82, 2.24) is 15.2 Å². The molecule has 0 bridgehead atoms. The van der Waals surface area contributed by atoms with Crippen LogP contribution in [0.1, 0.15) is 31.0 Å². The van der Waals surface area contributed by atoms with Crippen molar-refractivity contribution in [3.05, 3.63) is 36.0 Å². The number of phenolic OH excluding ortho intramolecular Hbond substituents is 1. The molecule has 6 nitrogen and oxygen atoms in total. The molecule has 1 fully saturated rings. The summed E-state index contributed by atoms with van der Waals surface area (Å²) >= 11 is 0. The van der Waals surface area contributed by atoms with Gasteiger partial charge in [0.1, 0.15) is 11.4 Å². The standard InChI is InChI=1S/C17H20N4O2/c1-4-11-5-6-13(14(22)7-11)15-10(2)18-16(21-20-15)19-12-8-17(3,23)9-12/h4-7,12,22-23H,1,8-9H2,2-3H3,(H,18,19,21). The Morgan fingerprint density at radius 3 is 2.65 bits per heavy atom. The van der Waals surface area contributed by atoms with Crippen LogP contribution in [0.4, 0.5) is 5.95 Å². The third-order valence-electron chi connectivity index (χ3n) is 4.08. The second-order valence-electron chi connectivity index (χ2n) is 6.30. The Bertz CT molecular complexity index is 750. The molecule has 0 unspecified atom stereocenters. The lowest BCUT2D eigenvalue weighted by Crippen LogP contribution is -2.48. The molecule has 0 atom stereocenters. The van der Waals surface area contributed by atoms with Gasteiger partial charge < -0.3 is 15.5 Å². The molecule has 1 aromatic heterocycles. The van der Waals surface area contributed by atoms with Gasteiger partial charge in [0.05, 0.1) is 11.3 Å². The average molecular weight is 312 g/mol. The Morgan fingerprint density at radius 2 is 2.09 bits per heavy atom. The minimum atomic E-state index is -0.598. The smallest absolute Gasteiger partial charge is 0.243 e. The molecule has 1 aromatic carbocycles. The average Bonchev–Trinajstić information content (AvgIpc) is 2.46. The van der Waals surface area contributed by atoms with Crippen LogP contribution >= 0.6 is 0 Å². The summed E-state index contributed by atoms with van der Waals surface area (Å²) in [5.41, 5.74) is 2.05. The van der Waals surface area contributed by atoms with E-state index in [4.69, 9.17) is 0 Å². The number of aromatic hydroxyl groups is 1. The van der Waals surface area contributed by atoms with Crippen LogP contribution in [0.2, 0.25) is 0 Å². The number of hydrogen-bond donors (Lipinski definition) is 3. The van der Waals surface area contributed by atoms with Crippen LogP contribution in [-0.2, 0) is 0 Å². The number of nitrogens with zero attached hydrogens (tertiary/aromatic N) is 3. The molecule has 3 rings (SSSR count). The first-order valence-electron chi connectivity index (χ1n) is 7.54. The topological polar surface area (TPSA) is 91.2 Å². The van der Waals surface area contributed by atoms with Crippen LogP contribution in [-0.4, -0.2) is 37.0 Å². The maximum absolute atomic E-state index is 10.1. The van der Waals surface area contributed by atoms with Gasteiger partial charge in [-0.3, -0.25) is 0 Å². The van der Waals surface area contributed by atoms with Crippen LogP contribution in [0.25, 0.3) is 17.3 Å². The second kappa shape index (κ2) is 5.62. The summed E-state index contributed by atoms with van der Waals surface area (Å²) < 4.78 is 0. The summed E-state index contributed by atoms with van der Waals surface area (Å²) in [5, 5.41) is 31.3. The van der Waals surface area contributed by atoms with Crippen molar-refractivity contribution in [1.29, 1.82) is 0 Å². The first-order chi connectivity index (χ1) is 10.9. The Kier molecular flexibility index (Phi) is 3.77. The first kappa shape index (κ1) is 15.4. The zero-order chi connectivity index (χ0) is 16.6. The molecule has 0 saturated heterocycles. The number of rotatable bonds is 4. The van der Waals surface area contributed by atoms with Gasteiger partial charge in [-0.2, -0.15) is 0 Å². The predicted octanol–water partition coefficient (Wildman–Crippen LogP) is 2.52. The molecule has 0 amide bonds. The molecule has 0 aliphatic heterocycles. The van der Waals surface area contributed by atoms with Gasteiger partial charge >= 0.3 is 0 Å². The number of anilines is 1. The molecule has 0 spiro atoms. The Hall–Kier alpha value is -2.47. The number of aryl methyl sites for hydroxylation is 1. The monoisotopic (exact) mass is 312 g/mol. The van der Waals surface area contributed by atoms with E-state index in [0.29, 0.717) is 35.7 Å². The number of benzene rings is 1. The SMILES string of the molecule is C=Cc1ccc(-c2nnc(NC3CC(C)(O)C3)nc2C)c(O)c1. The fourth-order valence-electron chi connectivity index (χ4n) is 2.88. The van der Waals surface area contributed by atoms with Gasteiger partial charge in [0.15, 0.2) is 0 Å². The summed E-state index contributed by atoms with van der Waals surface area (Å²) in [5.74, 6) is 0.561. The first-order valence-corrected chi connectivity index (χ1v) is 7.54. The molecule has 1 heterocycles. The normalized spacial score (nSPS) is 23.2. The number of phenols is 1. The minimum absolute atomic E-state index is 0.123. The molecule has 3 N–H and O–H groups in total. The van der Waals surface area contributed by atoms with Gasteiger partial charge in [-0.05, 0) is 44.4 Å². The number of nitrogens with one attached hydrogen (secondary N) is 1. The lowest BCUT2D eigenvalue weighted by atomic mass is 9.77. The highest BCUT2D eigenvalue weighted by Crippen LogP contribution is 2.34. The quantitative estimate of drug-likeness (QED) is 0.803. The fraction of sp³-hybridized carbons (Fsp3) is 0.353. The summed E-state index contributed by atoms with van der Waals surface area (Å²) in [6.45, 7) is 7.32. The molecule has 120 valence electrons. The molecule has 2 aromatic rings. The van der Waals surface area contributed by atoms with Crippen molar-refractivity contribution in [2.24, 2.45) is 0 Å². The van der Waals surface area contributed by atoms with Crippen molar-refractivity contribution in [3.8, 4) is 17.0 Å². The highest BCUT2D eigenvalue weighted by atomic mass is 16.3. The number of aromatic nitrogens is 3. The molecule has 6 heteroatoms. The highest BCUT2D eigenvalue weighted by molar-refractivity contribution is 5.70. The maximum Gasteiger partial charge on any atom is 0.243 e. The summed E-state index contributed by atoms with van der Waals surface area (Å²) in [6.07, 6.45) is 3.00. The Morgan fingerprint density at radius 1 is 1.35 bits per heavy atom. The second-order valence-corrected chi connectivity index (χ2v) is 6.30. The Labute approximate surface area is 134 Å². The van der Waals surface area contributed by atoms with Crippen molar-refractivity contribution < 1.29 is 10.2 Å². The third-order valence-corrected chi connectivity index (χ3v) is 4.08. The van der Waals surface area contributed by atoms with Gasteiger partial charge in [-0.25, -0.2) is 4.98 Å². The summed E-state index contributed by atoms with van der Waals surface area (Å²) in [7, 11) is 0. The molecule has 23 heavy (non-hydrogen) atoms. The van der Waals surface area contributed by atoms with Gasteiger partial charge in [0.25, 0.3) is 0 Å². The summed E-state index contributed by atoms with van der Waals surface area (Å²) in [6, 6.07) is 5.43. The van der Waals surface area contributed by atoms with E-state index in [-0.39, 0.29) is 11.8 Å². The number of hydrogen-bond acceptors (Lipinski definition) is 6. The highest BCUT2D eigenvalue weighted by Gasteiger charge is 2.38. The van der Waals surface area contributed by atoms with E-state index < -0.39 is 5.60 Å². The van der Waals surface area contributed by atoms with Gasteiger partial charge in [-0.1, -0.05) is 18.7 Å². The fourth-order valence-corrected chi connectivity index (χ4v) is 2.88. The van der Waals surface area contributed by atoms with Crippen LogP contribution < -0.4 is 5.32 Å². The van der Waals surface area contributed by atoms with Crippen LogP contribution in [0, 0.1) is 6.92 Å². The van der Waals surface area contributed by atoms with E-state index in [1.54, 1.807) is 18.2 Å². The van der Waals surface area contributed by atoms with Crippen molar-refractivity contribution in [2.75, 3.05) is 5.32 Å².